The van der Waals surface area contributed by atoms with Crippen LogP contribution in [0.4, 0.5) is 0 Å². The fourth-order valence-electron chi connectivity index (χ4n) is 0.935. The predicted octanol–water partition coefficient (Wildman–Crippen LogP) is 1.76. The van der Waals surface area contributed by atoms with Gasteiger partial charge in [0.1, 0.15) is 6.29 Å². The SMILES string of the molecule is COC(=O)c1ccc(SCC=O)cc1. The zero-order valence-corrected chi connectivity index (χ0v) is 8.54. The van der Waals surface area contributed by atoms with Crippen LogP contribution in [0.25, 0.3) is 0 Å². The molecule has 1 rings (SSSR count). The van der Waals surface area contributed by atoms with E-state index in [2.05, 4.69) is 4.74 Å². The highest BCUT2D eigenvalue weighted by Crippen LogP contribution is 2.17. The molecule has 1 aromatic carbocycles. The number of ether oxygens (including phenoxy) is 1. The summed E-state index contributed by atoms with van der Waals surface area (Å²) >= 11 is 1.43. The molecule has 0 atom stereocenters. The molecule has 0 saturated carbocycles. The first-order valence-corrected chi connectivity index (χ1v) is 5.01. The molecule has 74 valence electrons. The number of hydrogen-bond donors (Lipinski definition) is 0. The molecule has 0 amide bonds. The van der Waals surface area contributed by atoms with Crippen molar-refractivity contribution in [2.75, 3.05) is 12.9 Å². The Morgan fingerprint density at radius 3 is 2.57 bits per heavy atom. The molecule has 0 unspecified atom stereocenters. The van der Waals surface area contributed by atoms with Gasteiger partial charge in [0.15, 0.2) is 0 Å². The summed E-state index contributed by atoms with van der Waals surface area (Å²) in [6, 6.07) is 6.94. The van der Waals surface area contributed by atoms with E-state index < -0.39 is 0 Å². The van der Waals surface area contributed by atoms with E-state index >= 15 is 0 Å². The lowest BCUT2D eigenvalue weighted by Gasteiger charge is -2.00. The maximum Gasteiger partial charge on any atom is 0.337 e. The van der Waals surface area contributed by atoms with Gasteiger partial charge in [-0.25, -0.2) is 4.79 Å². The minimum atomic E-state index is -0.350. The van der Waals surface area contributed by atoms with Gasteiger partial charge in [-0.15, -0.1) is 11.8 Å². The van der Waals surface area contributed by atoms with Crippen LogP contribution in [0.15, 0.2) is 29.2 Å². The maximum atomic E-state index is 11.1. The molecule has 0 N–H and O–H groups in total. The van der Waals surface area contributed by atoms with Crippen LogP contribution in [0.1, 0.15) is 10.4 Å². The van der Waals surface area contributed by atoms with Gasteiger partial charge >= 0.3 is 5.97 Å². The number of esters is 1. The smallest absolute Gasteiger partial charge is 0.337 e. The second kappa shape index (κ2) is 5.44. The van der Waals surface area contributed by atoms with Crippen molar-refractivity contribution >= 4 is 24.0 Å². The molecule has 1 aromatic rings. The first-order chi connectivity index (χ1) is 6.77. The van der Waals surface area contributed by atoms with Gasteiger partial charge in [-0.1, -0.05) is 0 Å². The Morgan fingerprint density at radius 1 is 1.43 bits per heavy atom. The standard InChI is InChI=1S/C10H10O3S/c1-13-10(12)8-2-4-9(5-3-8)14-7-6-11/h2-6H,7H2,1H3. The summed E-state index contributed by atoms with van der Waals surface area (Å²) in [4.78, 5) is 22.1. The molecule has 0 aliphatic carbocycles. The van der Waals surface area contributed by atoms with Crippen molar-refractivity contribution in [3.05, 3.63) is 29.8 Å². The van der Waals surface area contributed by atoms with Crippen molar-refractivity contribution < 1.29 is 14.3 Å². The molecule has 0 aliphatic heterocycles. The van der Waals surface area contributed by atoms with Gasteiger partial charge in [0.05, 0.1) is 18.4 Å². The quantitative estimate of drug-likeness (QED) is 0.431. The van der Waals surface area contributed by atoms with Crippen LogP contribution in [0, 0.1) is 0 Å². The van der Waals surface area contributed by atoms with Gasteiger partial charge in [0, 0.05) is 4.90 Å². The molecule has 0 heterocycles. The first kappa shape index (κ1) is 10.8. The number of benzene rings is 1. The molecular formula is C10H10O3S. The third-order valence-corrected chi connectivity index (χ3v) is 2.50. The van der Waals surface area contributed by atoms with Crippen LogP contribution in [0.3, 0.4) is 0 Å². The largest absolute Gasteiger partial charge is 0.465 e. The van der Waals surface area contributed by atoms with E-state index in [1.165, 1.54) is 18.9 Å². The van der Waals surface area contributed by atoms with Crippen LogP contribution in [0.2, 0.25) is 0 Å². The summed E-state index contributed by atoms with van der Waals surface area (Å²) in [6.07, 6.45) is 0.846. The highest BCUT2D eigenvalue weighted by Gasteiger charge is 2.03. The zero-order valence-electron chi connectivity index (χ0n) is 7.73. The second-order valence-corrected chi connectivity index (χ2v) is 3.59. The van der Waals surface area contributed by atoms with Gasteiger partial charge in [-0.2, -0.15) is 0 Å². The number of hydrogen-bond acceptors (Lipinski definition) is 4. The third kappa shape index (κ3) is 2.88. The number of carbonyl (C=O) groups excluding carboxylic acids is 2. The predicted molar refractivity (Wildman–Crippen MR) is 54.6 cm³/mol. The fourth-order valence-corrected chi connectivity index (χ4v) is 1.52. The average molecular weight is 210 g/mol. The number of aldehydes is 1. The van der Waals surface area contributed by atoms with Crippen molar-refractivity contribution in [1.82, 2.24) is 0 Å². The summed E-state index contributed by atoms with van der Waals surface area (Å²) in [5, 5.41) is 0. The zero-order chi connectivity index (χ0) is 10.4. The van der Waals surface area contributed by atoms with E-state index in [1.54, 1.807) is 24.3 Å². The van der Waals surface area contributed by atoms with Crippen molar-refractivity contribution in [3.63, 3.8) is 0 Å². The van der Waals surface area contributed by atoms with E-state index in [4.69, 9.17) is 0 Å². The van der Waals surface area contributed by atoms with Gasteiger partial charge < -0.3 is 9.53 Å². The summed E-state index contributed by atoms with van der Waals surface area (Å²) in [5.41, 5.74) is 0.517. The highest BCUT2D eigenvalue weighted by atomic mass is 32.2. The summed E-state index contributed by atoms with van der Waals surface area (Å²) in [5.74, 6) is 0.0781. The van der Waals surface area contributed by atoms with Gasteiger partial charge in [-0.3, -0.25) is 0 Å². The van der Waals surface area contributed by atoms with Crippen LogP contribution in [0.5, 0.6) is 0 Å². The van der Waals surface area contributed by atoms with Gasteiger partial charge in [-0.05, 0) is 24.3 Å². The molecular weight excluding hydrogens is 200 g/mol. The number of methoxy groups -OCH3 is 1. The Hall–Kier alpha value is -1.29. The molecule has 0 fully saturated rings. The average Bonchev–Trinajstić information content (AvgIpc) is 2.26. The van der Waals surface area contributed by atoms with Crippen molar-refractivity contribution in [2.24, 2.45) is 0 Å². The number of rotatable bonds is 4. The lowest BCUT2D eigenvalue weighted by molar-refractivity contribution is -0.105. The Morgan fingerprint density at radius 2 is 2.07 bits per heavy atom. The van der Waals surface area contributed by atoms with Crippen molar-refractivity contribution in [3.8, 4) is 0 Å². The summed E-state index contributed by atoms with van der Waals surface area (Å²) < 4.78 is 4.56. The number of thioether (sulfide) groups is 1. The summed E-state index contributed by atoms with van der Waals surface area (Å²) in [7, 11) is 1.34. The summed E-state index contributed by atoms with van der Waals surface area (Å²) in [6.45, 7) is 0. The first-order valence-electron chi connectivity index (χ1n) is 4.02. The third-order valence-electron chi connectivity index (χ3n) is 1.59. The van der Waals surface area contributed by atoms with E-state index in [0.717, 1.165) is 11.2 Å². The highest BCUT2D eigenvalue weighted by molar-refractivity contribution is 7.99. The topological polar surface area (TPSA) is 43.4 Å². The van der Waals surface area contributed by atoms with E-state index in [0.29, 0.717) is 11.3 Å². The van der Waals surface area contributed by atoms with Crippen LogP contribution in [-0.2, 0) is 9.53 Å². The molecule has 0 aliphatic rings. The molecule has 4 heteroatoms. The number of carbonyl (C=O) groups is 2. The Kier molecular flexibility index (Phi) is 4.19. The minimum Gasteiger partial charge on any atom is -0.465 e. The Balaban J connectivity index is 2.68. The van der Waals surface area contributed by atoms with E-state index in [-0.39, 0.29) is 5.97 Å². The van der Waals surface area contributed by atoms with Gasteiger partial charge in [0.25, 0.3) is 0 Å². The fraction of sp³-hybridized carbons (Fsp3) is 0.200. The molecule has 0 bridgehead atoms. The minimum absolute atomic E-state index is 0.350. The normalized spacial score (nSPS) is 9.50. The van der Waals surface area contributed by atoms with E-state index in [9.17, 15) is 9.59 Å². The lowest BCUT2D eigenvalue weighted by Crippen LogP contribution is -2.00. The maximum absolute atomic E-state index is 11.1. The van der Waals surface area contributed by atoms with Crippen LogP contribution < -0.4 is 0 Å². The van der Waals surface area contributed by atoms with Crippen molar-refractivity contribution in [1.29, 1.82) is 0 Å². The Bertz CT molecular complexity index is 319. The molecule has 0 saturated heterocycles. The molecule has 0 spiro atoms. The van der Waals surface area contributed by atoms with Gasteiger partial charge in [0.2, 0.25) is 0 Å². The lowest BCUT2D eigenvalue weighted by atomic mass is 10.2. The second-order valence-electron chi connectivity index (χ2n) is 2.49. The molecule has 3 nitrogen and oxygen atoms in total. The van der Waals surface area contributed by atoms with Crippen LogP contribution >= 0.6 is 11.8 Å². The van der Waals surface area contributed by atoms with Crippen LogP contribution in [-0.4, -0.2) is 25.1 Å². The Labute approximate surface area is 86.5 Å². The van der Waals surface area contributed by atoms with E-state index in [1.807, 2.05) is 0 Å². The molecule has 14 heavy (non-hydrogen) atoms. The molecule has 0 radical (unpaired) electrons. The molecule has 0 aromatic heterocycles. The monoisotopic (exact) mass is 210 g/mol. The van der Waals surface area contributed by atoms with Crippen molar-refractivity contribution in [2.45, 2.75) is 4.90 Å².